The van der Waals surface area contributed by atoms with Gasteiger partial charge in [-0.05, 0) is 72.6 Å². The lowest BCUT2D eigenvalue weighted by Crippen LogP contribution is -2.55. The number of aliphatic hydroxyl groups excluding tert-OH is 4. The number of fused-ring (bicyclic) bond motifs is 1. The van der Waals surface area contributed by atoms with Crippen molar-refractivity contribution in [2.45, 2.75) is 63.1 Å². The molecule has 1 saturated heterocycles. The van der Waals surface area contributed by atoms with Gasteiger partial charge in [0.15, 0.2) is 0 Å². The minimum atomic E-state index is -1.37. The van der Waals surface area contributed by atoms with Gasteiger partial charge in [0.05, 0.1) is 13.2 Å². The van der Waals surface area contributed by atoms with Crippen molar-refractivity contribution in [3.05, 3.63) is 64.2 Å². The van der Waals surface area contributed by atoms with Crippen molar-refractivity contribution in [3.8, 4) is 5.75 Å². The molecule has 6 heteroatoms. The predicted octanol–water partition coefficient (Wildman–Crippen LogP) is 1.68. The number of hydrogen-bond acceptors (Lipinski definition) is 6. The molecule has 5 atom stereocenters. The summed E-state index contributed by atoms with van der Waals surface area (Å²) in [5, 5.41) is 40.6. The first-order chi connectivity index (χ1) is 14.5. The highest BCUT2D eigenvalue weighted by atomic mass is 16.5. The smallest absolute Gasteiger partial charge is 0.119 e. The van der Waals surface area contributed by atoms with Crippen LogP contribution in [-0.4, -0.2) is 58.1 Å². The molecular weight excluding hydrogens is 384 g/mol. The third-order valence-electron chi connectivity index (χ3n) is 6.15. The largest absolute Gasteiger partial charge is 0.494 e. The molecule has 30 heavy (non-hydrogen) atoms. The standard InChI is InChI=1S/C24H30O6/c1-2-29-17-8-6-14(7-9-17)10-15-11-16-4-3-5-18(16)19(12-15)24-23(28)22(27)21(26)20(13-25)30-24/h6-9,11-12,20-28H,2-5,10,13H2,1H3/t20-,21-,22+,23-,24+/m1/s1. The minimum Gasteiger partial charge on any atom is -0.494 e. The van der Waals surface area contributed by atoms with Crippen molar-refractivity contribution >= 4 is 0 Å². The van der Waals surface area contributed by atoms with E-state index < -0.39 is 37.1 Å². The van der Waals surface area contributed by atoms with Gasteiger partial charge in [0.2, 0.25) is 0 Å². The number of rotatable bonds is 6. The fourth-order valence-electron chi connectivity index (χ4n) is 4.63. The molecule has 0 radical (unpaired) electrons. The molecule has 0 bridgehead atoms. The summed E-state index contributed by atoms with van der Waals surface area (Å²) < 4.78 is 11.4. The first-order valence-corrected chi connectivity index (χ1v) is 10.7. The van der Waals surface area contributed by atoms with E-state index >= 15 is 0 Å². The van der Waals surface area contributed by atoms with Gasteiger partial charge in [-0.2, -0.15) is 0 Å². The molecule has 0 amide bonds. The Morgan fingerprint density at radius 1 is 0.967 bits per heavy atom. The fourth-order valence-corrected chi connectivity index (χ4v) is 4.63. The average Bonchev–Trinajstić information content (AvgIpc) is 3.22. The van der Waals surface area contributed by atoms with Gasteiger partial charge in [-0.1, -0.05) is 24.3 Å². The summed E-state index contributed by atoms with van der Waals surface area (Å²) in [5.74, 6) is 0.845. The first-order valence-electron chi connectivity index (χ1n) is 10.7. The molecule has 0 spiro atoms. The van der Waals surface area contributed by atoms with Crippen LogP contribution in [0.3, 0.4) is 0 Å². The molecule has 0 saturated carbocycles. The number of ether oxygens (including phenoxy) is 2. The van der Waals surface area contributed by atoms with Crippen molar-refractivity contribution in [1.82, 2.24) is 0 Å². The van der Waals surface area contributed by atoms with E-state index in [0.29, 0.717) is 6.61 Å². The minimum absolute atomic E-state index is 0.421. The van der Waals surface area contributed by atoms with Crippen molar-refractivity contribution in [2.75, 3.05) is 13.2 Å². The van der Waals surface area contributed by atoms with E-state index in [1.54, 1.807) is 0 Å². The van der Waals surface area contributed by atoms with Crippen LogP contribution in [-0.2, 0) is 24.0 Å². The van der Waals surface area contributed by atoms with Gasteiger partial charge in [-0.3, -0.25) is 0 Å². The lowest BCUT2D eigenvalue weighted by atomic mass is 9.86. The maximum Gasteiger partial charge on any atom is 0.119 e. The van der Waals surface area contributed by atoms with Gasteiger partial charge >= 0.3 is 0 Å². The van der Waals surface area contributed by atoms with Gasteiger partial charge in [0, 0.05) is 0 Å². The highest BCUT2D eigenvalue weighted by Crippen LogP contribution is 2.38. The predicted molar refractivity (Wildman–Crippen MR) is 112 cm³/mol. The summed E-state index contributed by atoms with van der Waals surface area (Å²) in [6.45, 7) is 2.17. The van der Waals surface area contributed by atoms with Crippen LogP contribution in [0.15, 0.2) is 36.4 Å². The van der Waals surface area contributed by atoms with Crippen molar-refractivity contribution in [2.24, 2.45) is 0 Å². The molecule has 1 aliphatic carbocycles. The molecule has 1 aliphatic heterocycles. The van der Waals surface area contributed by atoms with Gasteiger partial charge < -0.3 is 29.9 Å². The molecule has 2 aromatic rings. The SMILES string of the molecule is CCOc1ccc(Cc2cc3c(c([C@@H]4O[C@H](CO)[C@@H](O)[C@H](O)[C@H]4O)c2)CCC3)cc1. The van der Waals surface area contributed by atoms with Gasteiger partial charge in [-0.15, -0.1) is 0 Å². The second kappa shape index (κ2) is 9.04. The zero-order chi connectivity index (χ0) is 21.3. The highest BCUT2D eigenvalue weighted by molar-refractivity contribution is 5.45. The Hall–Kier alpha value is -1.96. The third kappa shape index (κ3) is 4.11. The van der Waals surface area contributed by atoms with Crippen molar-refractivity contribution < 1.29 is 29.9 Å². The van der Waals surface area contributed by atoms with Crippen molar-refractivity contribution in [3.63, 3.8) is 0 Å². The molecule has 6 nitrogen and oxygen atoms in total. The number of benzene rings is 2. The summed E-state index contributed by atoms with van der Waals surface area (Å²) in [6, 6.07) is 12.3. The summed E-state index contributed by atoms with van der Waals surface area (Å²) >= 11 is 0. The Labute approximate surface area is 176 Å². The molecule has 162 valence electrons. The average molecular weight is 414 g/mol. The van der Waals surface area contributed by atoms with Crippen LogP contribution in [0.1, 0.15) is 47.3 Å². The van der Waals surface area contributed by atoms with Gasteiger partial charge in [0.1, 0.15) is 36.3 Å². The van der Waals surface area contributed by atoms with Crippen LogP contribution in [0.5, 0.6) is 5.75 Å². The summed E-state index contributed by atoms with van der Waals surface area (Å²) in [4.78, 5) is 0. The Morgan fingerprint density at radius 3 is 2.43 bits per heavy atom. The van der Waals surface area contributed by atoms with E-state index in [0.717, 1.165) is 53.7 Å². The van der Waals surface area contributed by atoms with Crippen LogP contribution in [0.2, 0.25) is 0 Å². The maximum absolute atomic E-state index is 10.6. The number of hydrogen-bond donors (Lipinski definition) is 4. The monoisotopic (exact) mass is 414 g/mol. The Kier molecular flexibility index (Phi) is 6.41. The van der Waals surface area contributed by atoms with Crippen LogP contribution in [0.25, 0.3) is 0 Å². The Balaban J connectivity index is 1.64. The van der Waals surface area contributed by atoms with Crippen LogP contribution >= 0.6 is 0 Å². The molecule has 2 aromatic carbocycles. The number of aryl methyl sites for hydroxylation is 1. The second-order valence-corrected chi connectivity index (χ2v) is 8.18. The molecule has 0 unspecified atom stereocenters. The molecule has 4 N–H and O–H groups in total. The molecular formula is C24H30O6. The van der Waals surface area contributed by atoms with E-state index in [1.807, 2.05) is 37.3 Å². The molecule has 0 aromatic heterocycles. The van der Waals surface area contributed by atoms with Crippen molar-refractivity contribution in [1.29, 1.82) is 0 Å². The topological polar surface area (TPSA) is 99.4 Å². The van der Waals surface area contributed by atoms with E-state index in [-0.39, 0.29) is 0 Å². The van der Waals surface area contributed by atoms with Crippen LogP contribution < -0.4 is 4.74 Å². The fraction of sp³-hybridized carbons (Fsp3) is 0.500. The highest BCUT2D eigenvalue weighted by Gasteiger charge is 2.44. The molecule has 1 fully saturated rings. The summed E-state index contributed by atoms with van der Waals surface area (Å²) in [7, 11) is 0. The second-order valence-electron chi connectivity index (χ2n) is 8.18. The van der Waals surface area contributed by atoms with E-state index in [2.05, 4.69) is 6.07 Å². The lowest BCUT2D eigenvalue weighted by Gasteiger charge is -2.41. The zero-order valence-corrected chi connectivity index (χ0v) is 17.2. The molecule has 2 aliphatic rings. The first kappa shape index (κ1) is 21.3. The maximum atomic E-state index is 10.6. The van der Waals surface area contributed by atoms with Gasteiger partial charge in [0.25, 0.3) is 0 Å². The quantitative estimate of drug-likeness (QED) is 0.574. The zero-order valence-electron chi connectivity index (χ0n) is 17.2. The van der Waals surface area contributed by atoms with E-state index in [9.17, 15) is 20.4 Å². The van der Waals surface area contributed by atoms with E-state index in [1.165, 1.54) is 5.56 Å². The Bertz CT molecular complexity index is 863. The Morgan fingerprint density at radius 2 is 1.73 bits per heavy atom. The van der Waals surface area contributed by atoms with Crippen LogP contribution in [0, 0.1) is 0 Å². The normalized spacial score (nSPS) is 28.4. The van der Waals surface area contributed by atoms with Crippen LogP contribution in [0.4, 0.5) is 0 Å². The third-order valence-corrected chi connectivity index (χ3v) is 6.15. The van der Waals surface area contributed by atoms with Gasteiger partial charge in [-0.25, -0.2) is 0 Å². The summed E-state index contributed by atoms with van der Waals surface area (Å²) in [6.07, 6.45) is -2.04. The molecule has 4 rings (SSSR count). The lowest BCUT2D eigenvalue weighted by molar-refractivity contribution is -0.231. The number of aliphatic hydroxyl groups is 4. The molecule has 1 heterocycles. The summed E-state index contributed by atoms with van der Waals surface area (Å²) in [5.41, 5.74) is 5.49. The van der Waals surface area contributed by atoms with E-state index in [4.69, 9.17) is 9.47 Å².